The Labute approximate surface area is 89.8 Å². The van der Waals surface area contributed by atoms with Crippen LogP contribution in [0.15, 0.2) is 43.0 Å². The zero-order chi connectivity index (χ0) is 11.3. The summed E-state index contributed by atoms with van der Waals surface area (Å²) in [5, 5.41) is 2.62. The highest BCUT2D eigenvalue weighted by Crippen LogP contribution is 2.12. The second-order valence-corrected chi connectivity index (χ2v) is 3.69. The topological polar surface area (TPSA) is 38.3 Å². The Morgan fingerprint density at radius 1 is 1.40 bits per heavy atom. The van der Waals surface area contributed by atoms with Gasteiger partial charge in [0.1, 0.15) is 5.60 Å². The number of carbonyl (C=O) groups is 1. The molecule has 1 rings (SSSR count). The van der Waals surface area contributed by atoms with Gasteiger partial charge in [0, 0.05) is 5.69 Å². The smallest absolute Gasteiger partial charge is 0.412 e. The molecule has 0 saturated heterocycles. The number of amides is 1. The molecule has 0 radical (unpaired) electrons. The fourth-order valence-corrected chi connectivity index (χ4v) is 0.945. The first-order valence-electron chi connectivity index (χ1n) is 4.72. The average Bonchev–Trinajstić information content (AvgIpc) is 2.18. The molecular weight excluding hydrogens is 190 g/mol. The molecule has 0 saturated carbocycles. The quantitative estimate of drug-likeness (QED) is 0.769. The normalized spacial score (nSPS) is 10.5. The Balaban J connectivity index is 2.54. The van der Waals surface area contributed by atoms with Crippen LogP contribution in [-0.2, 0) is 4.74 Å². The van der Waals surface area contributed by atoms with Crippen LogP contribution in [-0.4, -0.2) is 11.7 Å². The van der Waals surface area contributed by atoms with Gasteiger partial charge >= 0.3 is 6.09 Å². The number of carbonyl (C=O) groups excluding carboxylic acids is 1. The van der Waals surface area contributed by atoms with Gasteiger partial charge in [-0.3, -0.25) is 5.32 Å². The van der Waals surface area contributed by atoms with Crippen LogP contribution in [0.4, 0.5) is 10.5 Å². The van der Waals surface area contributed by atoms with Crippen molar-refractivity contribution in [1.82, 2.24) is 0 Å². The van der Waals surface area contributed by atoms with Crippen molar-refractivity contribution >= 4 is 11.8 Å². The third-order valence-electron chi connectivity index (χ3n) is 1.87. The highest BCUT2D eigenvalue weighted by molar-refractivity contribution is 5.84. The van der Waals surface area contributed by atoms with E-state index in [1.54, 1.807) is 32.1 Å². The molecule has 1 N–H and O–H groups in total. The molecule has 3 heteroatoms. The summed E-state index contributed by atoms with van der Waals surface area (Å²) in [6.07, 6.45) is 1.10. The minimum absolute atomic E-state index is 0.480. The van der Waals surface area contributed by atoms with Gasteiger partial charge in [-0.15, -0.1) is 0 Å². The first-order valence-corrected chi connectivity index (χ1v) is 4.72. The van der Waals surface area contributed by atoms with E-state index in [9.17, 15) is 4.79 Å². The third-order valence-corrected chi connectivity index (χ3v) is 1.87. The Morgan fingerprint density at radius 3 is 2.53 bits per heavy atom. The lowest BCUT2D eigenvalue weighted by atomic mass is 10.1. The molecule has 0 spiro atoms. The van der Waals surface area contributed by atoms with Crippen LogP contribution >= 0.6 is 0 Å². The van der Waals surface area contributed by atoms with Gasteiger partial charge in [-0.2, -0.15) is 0 Å². The molecule has 1 amide bonds. The van der Waals surface area contributed by atoms with Crippen LogP contribution in [0.2, 0.25) is 0 Å². The summed E-state index contributed by atoms with van der Waals surface area (Å²) < 4.78 is 5.12. The Kier molecular flexibility index (Phi) is 3.50. The predicted molar refractivity (Wildman–Crippen MR) is 60.8 cm³/mol. The first kappa shape index (κ1) is 11.3. The molecule has 0 fully saturated rings. The Bertz CT molecular complexity index is 344. The van der Waals surface area contributed by atoms with Crippen molar-refractivity contribution in [2.75, 3.05) is 5.32 Å². The molecular formula is C12H15NO2. The molecule has 0 aliphatic rings. The molecule has 15 heavy (non-hydrogen) atoms. The van der Waals surface area contributed by atoms with Crippen molar-refractivity contribution < 1.29 is 9.53 Å². The zero-order valence-electron chi connectivity index (χ0n) is 8.99. The Hall–Kier alpha value is -1.77. The molecule has 1 aromatic rings. The largest absolute Gasteiger partial charge is 0.439 e. The van der Waals surface area contributed by atoms with E-state index in [1.165, 1.54) is 0 Å². The maximum atomic E-state index is 11.4. The standard InChI is InChI=1S/C12H15NO2/c1-4-12(2,3)15-11(14)13-10-8-6-5-7-9-10/h4-9H,1H2,2-3H3,(H,13,14). The summed E-state index contributed by atoms with van der Waals surface area (Å²) in [6.45, 7) is 7.12. The van der Waals surface area contributed by atoms with Crippen LogP contribution in [0, 0.1) is 0 Å². The number of ether oxygens (including phenoxy) is 1. The number of hydrogen-bond donors (Lipinski definition) is 1. The summed E-state index contributed by atoms with van der Waals surface area (Å²) in [7, 11) is 0. The molecule has 0 atom stereocenters. The number of rotatable bonds is 3. The summed E-state index contributed by atoms with van der Waals surface area (Å²) >= 11 is 0. The minimum Gasteiger partial charge on any atom is -0.439 e. The van der Waals surface area contributed by atoms with Crippen molar-refractivity contribution in [1.29, 1.82) is 0 Å². The molecule has 0 aromatic heterocycles. The van der Waals surface area contributed by atoms with E-state index in [-0.39, 0.29) is 0 Å². The maximum absolute atomic E-state index is 11.4. The predicted octanol–water partition coefficient (Wildman–Crippen LogP) is 3.20. The van der Waals surface area contributed by atoms with Crippen LogP contribution in [0.5, 0.6) is 0 Å². The molecule has 0 aliphatic carbocycles. The molecule has 3 nitrogen and oxygen atoms in total. The summed E-state index contributed by atoms with van der Waals surface area (Å²) in [5.74, 6) is 0. The van der Waals surface area contributed by atoms with Gasteiger partial charge in [0.2, 0.25) is 0 Å². The second kappa shape index (κ2) is 4.64. The fourth-order valence-electron chi connectivity index (χ4n) is 0.945. The molecule has 1 aromatic carbocycles. The van der Waals surface area contributed by atoms with Gasteiger partial charge in [-0.05, 0) is 32.1 Å². The minimum atomic E-state index is -0.654. The van der Waals surface area contributed by atoms with E-state index in [2.05, 4.69) is 11.9 Å². The highest BCUT2D eigenvalue weighted by Gasteiger charge is 2.18. The van der Waals surface area contributed by atoms with Gasteiger partial charge < -0.3 is 4.74 Å². The van der Waals surface area contributed by atoms with Crippen LogP contribution < -0.4 is 5.32 Å². The van der Waals surface area contributed by atoms with Crippen LogP contribution in [0.25, 0.3) is 0 Å². The summed E-state index contributed by atoms with van der Waals surface area (Å²) in [6, 6.07) is 9.15. The molecule has 0 heterocycles. The van der Waals surface area contributed by atoms with Crippen molar-refractivity contribution in [3.8, 4) is 0 Å². The fraction of sp³-hybridized carbons (Fsp3) is 0.250. The van der Waals surface area contributed by atoms with Crippen molar-refractivity contribution in [3.63, 3.8) is 0 Å². The number of nitrogens with one attached hydrogen (secondary N) is 1. The third kappa shape index (κ3) is 3.85. The van der Waals surface area contributed by atoms with Gasteiger partial charge in [0.15, 0.2) is 0 Å². The van der Waals surface area contributed by atoms with Crippen LogP contribution in [0.1, 0.15) is 13.8 Å². The summed E-state index contributed by atoms with van der Waals surface area (Å²) in [4.78, 5) is 11.4. The summed E-state index contributed by atoms with van der Waals surface area (Å²) in [5.41, 5.74) is 0.0566. The van der Waals surface area contributed by atoms with E-state index in [0.717, 1.165) is 0 Å². The van der Waals surface area contributed by atoms with E-state index in [4.69, 9.17) is 4.74 Å². The maximum Gasteiger partial charge on any atom is 0.412 e. The lowest BCUT2D eigenvalue weighted by Gasteiger charge is -2.20. The van der Waals surface area contributed by atoms with Gasteiger partial charge in [-0.1, -0.05) is 24.8 Å². The number of hydrogen-bond acceptors (Lipinski definition) is 2. The highest BCUT2D eigenvalue weighted by atomic mass is 16.6. The van der Waals surface area contributed by atoms with E-state index in [1.807, 2.05) is 18.2 Å². The average molecular weight is 205 g/mol. The number of anilines is 1. The molecule has 0 unspecified atom stereocenters. The first-order chi connectivity index (χ1) is 7.03. The van der Waals surface area contributed by atoms with Gasteiger partial charge in [-0.25, -0.2) is 4.79 Å². The van der Waals surface area contributed by atoms with E-state index >= 15 is 0 Å². The second-order valence-electron chi connectivity index (χ2n) is 3.69. The Morgan fingerprint density at radius 2 is 2.00 bits per heavy atom. The molecule has 80 valence electrons. The van der Waals surface area contributed by atoms with E-state index in [0.29, 0.717) is 5.69 Å². The van der Waals surface area contributed by atoms with Gasteiger partial charge in [0.05, 0.1) is 0 Å². The SMILES string of the molecule is C=CC(C)(C)OC(=O)Nc1ccccc1. The van der Waals surface area contributed by atoms with Crippen LogP contribution in [0.3, 0.4) is 0 Å². The molecule has 0 bridgehead atoms. The van der Waals surface area contributed by atoms with Crippen molar-refractivity contribution in [3.05, 3.63) is 43.0 Å². The number of benzene rings is 1. The monoisotopic (exact) mass is 205 g/mol. The van der Waals surface area contributed by atoms with Crippen molar-refractivity contribution in [2.45, 2.75) is 19.4 Å². The zero-order valence-corrected chi connectivity index (χ0v) is 8.99. The molecule has 0 aliphatic heterocycles. The van der Waals surface area contributed by atoms with Gasteiger partial charge in [0.25, 0.3) is 0 Å². The van der Waals surface area contributed by atoms with E-state index < -0.39 is 11.7 Å². The lowest BCUT2D eigenvalue weighted by Crippen LogP contribution is -2.28. The van der Waals surface area contributed by atoms with Crippen molar-refractivity contribution in [2.24, 2.45) is 0 Å². The lowest BCUT2D eigenvalue weighted by molar-refractivity contribution is 0.0843. The number of para-hydroxylation sites is 1.